The SMILES string of the molecule is COc1ccc(N2C(=S)N[C@H](c3ccccn3)[C@H]2c2cccn2Cc2ccco2)cc1Cl. The van der Waals surface area contributed by atoms with Gasteiger partial charge in [-0.15, -0.1) is 0 Å². The molecule has 1 aliphatic rings. The summed E-state index contributed by atoms with van der Waals surface area (Å²) in [6.07, 6.45) is 5.53. The minimum atomic E-state index is -0.146. The number of aromatic nitrogens is 2. The molecule has 0 spiro atoms. The van der Waals surface area contributed by atoms with Gasteiger partial charge in [-0.3, -0.25) is 4.98 Å². The van der Waals surface area contributed by atoms with E-state index in [-0.39, 0.29) is 12.1 Å². The number of ether oxygens (including phenoxy) is 1. The number of hydrogen-bond donors (Lipinski definition) is 1. The highest BCUT2D eigenvalue weighted by Gasteiger charge is 2.42. The van der Waals surface area contributed by atoms with Crippen molar-refractivity contribution in [1.82, 2.24) is 14.9 Å². The van der Waals surface area contributed by atoms with Crippen molar-refractivity contribution in [1.29, 1.82) is 0 Å². The second-order valence-corrected chi connectivity index (χ2v) is 8.25. The minimum Gasteiger partial charge on any atom is -0.495 e. The minimum absolute atomic E-state index is 0.144. The van der Waals surface area contributed by atoms with Crippen molar-refractivity contribution in [3.8, 4) is 5.75 Å². The van der Waals surface area contributed by atoms with Gasteiger partial charge >= 0.3 is 0 Å². The normalized spacial score (nSPS) is 18.1. The van der Waals surface area contributed by atoms with E-state index in [4.69, 9.17) is 33.0 Å². The molecule has 32 heavy (non-hydrogen) atoms. The Hall–Kier alpha value is -3.29. The number of rotatable bonds is 6. The van der Waals surface area contributed by atoms with Gasteiger partial charge in [0.15, 0.2) is 5.11 Å². The molecule has 162 valence electrons. The number of methoxy groups -OCH3 is 1. The summed E-state index contributed by atoms with van der Waals surface area (Å²) in [5, 5.41) is 4.61. The summed E-state index contributed by atoms with van der Waals surface area (Å²) in [5.41, 5.74) is 2.87. The van der Waals surface area contributed by atoms with Gasteiger partial charge in [-0.1, -0.05) is 17.7 Å². The molecular formula is C24H21ClN4O2S. The third kappa shape index (κ3) is 3.74. The summed E-state index contributed by atoms with van der Waals surface area (Å²) in [6, 6.07) is 19.3. The van der Waals surface area contributed by atoms with Crippen LogP contribution in [0.5, 0.6) is 5.75 Å². The van der Waals surface area contributed by atoms with Crippen molar-refractivity contribution in [2.24, 2.45) is 0 Å². The number of nitrogens with zero attached hydrogens (tertiary/aromatic N) is 3. The molecule has 1 fully saturated rings. The Bertz CT molecular complexity index is 1230. The lowest BCUT2D eigenvalue weighted by Gasteiger charge is -2.29. The van der Waals surface area contributed by atoms with Gasteiger partial charge in [0.25, 0.3) is 0 Å². The van der Waals surface area contributed by atoms with Crippen LogP contribution in [-0.2, 0) is 6.54 Å². The summed E-state index contributed by atoms with van der Waals surface area (Å²) in [4.78, 5) is 6.70. The molecule has 8 heteroatoms. The Morgan fingerprint density at radius 2 is 2.06 bits per heavy atom. The first-order chi connectivity index (χ1) is 15.7. The van der Waals surface area contributed by atoms with Gasteiger partial charge in [0.2, 0.25) is 0 Å². The molecule has 4 heterocycles. The van der Waals surface area contributed by atoms with Crippen LogP contribution >= 0.6 is 23.8 Å². The van der Waals surface area contributed by atoms with E-state index < -0.39 is 0 Å². The van der Waals surface area contributed by atoms with Crippen LogP contribution < -0.4 is 15.0 Å². The van der Waals surface area contributed by atoms with Crippen molar-refractivity contribution < 1.29 is 9.15 Å². The predicted octanol–water partition coefficient (Wildman–Crippen LogP) is 5.36. The van der Waals surface area contributed by atoms with Gasteiger partial charge in [0.05, 0.1) is 36.7 Å². The molecule has 1 aromatic carbocycles. The van der Waals surface area contributed by atoms with Crippen molar-refractivity contribution >= 4 is 34.6 Å². The van der Waals surface area contributed by atoms with Crippen molar-refractivity contribution in [3.05, 3.63) is 101 Å². The Morgan fingerprint density at radius 3 is 2.78 bits per heavy atom. The van der Waals surface area contributed by atoms with Gasteiger partial charge in [0.1, 0.15) is 17.6 Å². The highest BCUT2D eigenvalue weighted by atomic mass is 35.5. The van der Waals surface area contributed by atoms with Crippen LogP contribution in [0, 0.1) is 0 Å². The molecule has 0 amide bonds. The Morgan fingerprint density at radius 1 is 1.16 bits per heavy atom. The summed E-state index contributed by atoms with van der Waals surface area (Å²) < 4.78 is 13.1. The zero-order valence-corrected chi connectivity index (χ0v) is 18.9. The lowest BCUT2D eigenvalue weighted by Crippen LogP contribution is -2.30. The van der Waals surface area contributed by atoms with Crippen LogP contribution in [-0.4, -0.2) is 21.8 Å². The number of pyridine rings is 1. The van der Waals surface area contributed by atoms with Gasteiger partial charge < -0.3 is 23.9 Å². The zero-order chi connectivity index (χ0) is 22.1. The fourth-order valence-electron chi connectivity index (χ4n) is 4.15. The molecule has 1 aliphatic heterocycles. The van der Waals surface area contributed by atoms with Crippen LogP contribution in [0.3, 0.4) is 0 Å². The highest BCUT2D eigenvalue weighted by molar-refractivity contribution is 7.80. The topological polar surface area (TPSA) is 55.5 Å². The zero-order valence-electron chi connectivity index (χ0n) is 17.3. The predicted molar refractivity (Wildman–Crippen MR) is 128 cm³/mol. The Kier molecular flexibility index (Phi) is 5.59. The van der Waals surface area contributed by atoms with Crippen LogP contribution in [0.15, 0.2) is 83.7 Å². The van der Waals surface area contributed by atoms with E-state index in [1.54, 1.807) is 19.6 Å². The molecule has 4 aromatic rings. The van der Waals surface area contributed by atoms with E-state index >= 15 is 0 Å². The molecular weight excluding hydrogens is 444 g/mol. The first kappa shape index (κ1) is 20.6. The van der Waals surface area contributed by atoms with E-state index in [9.17, 15) is 0 Å². The number of anilines is 1. The van der Waals surface area contributed by atoms with Gasteiger partial charge in [0, 0.05) is 23.8 Å². The molecule has 0 aliphatic carbocycles. The number of benzene rings is 1. The molecule has 0 radical (unpaired) electrons. The lowest BCUT2D eigenvalue weighted by atomic mass is 10.0. The highest BCUT2D eigenvalue weighted by Crippen LogP contribution is 2.43. The largest absolute Gasteiger partial charge is 0.495 e. The second kappa shape index (κ2) is 8.68. The van der Waals surface area contributed by atoms with E-state index in [0.717, 1.165) is 22.8 Å². The molecule has 0 unspecified atom stereocenters. The Balaban J connectivity index is 1.61. The van der Waals surface area contributed by atoms with Gasteiger partial charge in [-0.2, -0.15) is 0 Å². The smallest absolute Gasteiger partial charge is 0.174 e. The molecule has 0 bridgehead atoms. The number of thiocarbonyl (C=S) groups is 1. The summed E-state index contributed by atoms with van der Waals surface area (Å²) >= 11 is 12.3. The maximum Gasteiger partial charge on any atom is 0.174 e. The van der Waals surface area contributed by atoms with Crippen LogP contribution in [0.1, 0.15) is 29.2 Å². The van der Waals surface area contributed by atoms with Crippen LogP contribution in [0.25, 0.3) is 0 Å². The van der Waals surface area contributed by atoms with Crippen molar-refractivity contribution in [2.75, 3.05) is 12.0 Å². The molecule has 6 nitrogen and oxygen atoms in total. The first-order valence-corrected chi connectivity index (χ1v) is 11.0. The van der Waals surface area contributed by atoms with E-state index in [1.165, 1.54) is 0 Å². The van der Waals surface area contributed by atoms with Crippen LogP contribution in [0.2, 0.25) is 5.02 Å². The van der Waals surface area contributed by atoms with E-state index in [1.807, 2.05) is 60.8 Å². The van der Waals surface area contributed by atoms with Crippen molar-refractivity contribution in [3.63, 3.8) is 0 Å². The quantitative estimate of drug-likeness (QED) is 0.387. The maximum absolute atomic E-state index is 6.46. The number of hydrogen-bond acceptors (Lipinski definition) is 4. The molecule has 3 aromatic heterocycles. The summed E-state index contributed by atoms with van der Waals surface area (Å²) in [7, 11) is 1.60. The number of furan rings is 1. The third-order valence-corrected chi connectivity index (χ3v) is 6.20. The number of nitrogens with one attached hydrogen (secondary N) is 1. The maximum atomic E-state index is 6.46. The average molecular weight is 465 g/mol. The molecule has 0 saturated carbocycles. The molecule has 5 rings (SSSR count). The number of halogens is 1. The second-order valence-electron chi connectivity index (χ2n) is 7.46. The van der Waals surface area contributed by atoms with Crippen LogP contribution in [0.4, 0.5) is 5.69 Å². The summed E-state index contributed by atoms with van der Waals surface area (Å²) in [5.74, 6) is 1.50. The molecule has 1 saturated heterocycles. The average Bonchev–Trinajstić information content (AvgIpc) is 3.55. The first-order valence-electron chi connectivity index (χ1n) is 10.2. The monoisotopic (exact) mass is 464 g/mol. The lowest BCUT2D eigenvalue weighted by molar-refractivity contribution is 0.415. The standard InChI is InChI=1S/C24H21ClN4O2S/c1-30-21-10-9-16(14-18(21)25)29-23(22(27-24(29)32)19-7-2-3-11-26-19)20-8-4-12-28(20)15-17-6-5-13-31-17/h2-14,22-23H,15H2,1H3,(H,27,32)/t22-,23-/m1/s1. The van der Waals surface area contributed by atoms with Gasteiger partial charge in [-0.25, -0.2) is 0 Å². The molecule has 2 atom stereocenters. The third-order valence-electron chi connectivity index (χ3n) is 5.59. The molecule has 1 N–H and O–H groups in total. The van der Waals surface area contributed by atoms with Gasteiger partial charge in [-0.05, 0) is 66.8 Å². The fraction of sp³-hybridized carbons (Fsp3) is 0.167. The summed E-state index contributed by atoms with van der Waals surface area (Å²) in [6.45, 7) is 0.616. The Labute approximate surface area is 196 Å². The van der Waals surface area contributed by atoms with Crippen molar-refractivity contribution in [2.45, 2.75) is 18.6 Å². The van der Waals surface area contributed by atoms with E-state index in [0.29, 0.717) is 22.4 Å². The fourth-order valence-corrected chi connectivity index (χ4v) is 4.75. The van der Waals surface area contributed by atoms with E-state index in [2.05, 4.69) is 25.8 Å².